The molecule has 1 unspecified atom stereocenters. The van der Waals surface area contributed by atoms with Crippen LogP contribution in [-0.4, -0.2) is 10.5 Å². The molecule has 3 heteroatoms. The van der Waals surface area contributed by atoms with Crippen molar-refractivity contribution >= 4 is 12.6 Å². The van der Waals surface area contributed by atoms with Crippen molar-refractivity contribution in [1.82, 2.24) is 0 Å². The normalized spacial score (nSPS) is 34.3. The summed E-state index contributed by atoms with van der Waals surface area (Å²) in [4.78, 5) is 0. The fourth-order valence-corrected chi connectivity index (χ4v) is 1.84. The second-order valence-electron chi connectivity index (χ2n) is 3.15. The van der Waals surface area contributed by atoms with E-state index in [1.165, 1.54) is 0 Å². The van der Waals surface area contributed by atoms with Gasteiger partial charge in [0.2, 0.25) is 0 Å². The van der Waals surface area contributed by atoms with Gasteiger partial charge in [0.1, 0.15) is 0 Å². The van der Waals surface area contributed by atoms with E-state index in [2.05, 4.69) is 18.7 Å². The summed E-state index contributed by atoms with van der Waals surface area (Å²) in [6.45, 7) is 0. The van der Waals surface area contributed by atoms with Crippen LogP contribution in [0.3, 0.4) is 0 Å². The van der Waals surface area contributed by atoms with E-state index in [0.29, 0.717) is 5.92 Å². The Morgan fingerprint density at radius 2 is 1.91 bits per heavy atom. The van der Waals surface area contributed by atoms with Gasteiger partial charge in [0.05, 0.1) is 11.5 Å². The van der Waals surface area contributed by atoms with E-state index in [-0.39, 0.29) is 5.92 Å². The van der Waals surface area contributed by atoms with E-state index in [1.807, 2.05) is 0 Å². The Hall–Kier alpha value is -0.200. The van der Waals surface area contributed by atoms with Crippen LogP contribution in [-0.2, 0) is 0 Å². The van der Waals surface area contributed by atoms with Gasteiger partial charge in [-0.25, -0.2) is 0 Å². The molecule has 11 heavy (non-hydrogen) atoms. The first-order chi connectivity index (χ1) is 5.24. The summed E-state index contributed by atoms with van der Waals surface area (Å²) in [5.41, 5.74) is -0.491. The summed E-state index contributed by atoms with van der Waals surface area (Å²) in [6, 6.07) is 2.26. The lowest BCUT2D eigenvalue weighted by atomic mass is 9.83. The molecule has 1 aliphatic rings. The molecule has 0 aromatic carbocycles. The van der Waals surface area contributed by atoms with E-state index in [0.717, 1.165) is 25.7 Å². The summed E-state index contributed by atoms with van der Waals surface area (Å²) in [7, 11) is 0. The molecule has 0 aromatic rings. The molecule has 1 aliphatic carbocycles. The van der Waals surface area contributed by atoms with Crippen molar-refractivity contribution in [2.75, 3.05) is 0 Å². The second kappa shape index (κ2) is 3.99. The Bertz CT molecular complexity index is 156. The van der Waals surface area contributed by atoms with Gasteiger partial charge in [0.15, 0.2) is 0 Å². The zero-order valence-corrected chi connectivity index (χ0v) is 7.30. The first kappa shape index (κ1) is 8.89. The molecule has 0 heterocycles. The van der Waals surface area contributed by atoms with Gasteiger partial charge >= 0.3 is 0 Å². The number of rotatable bonds is 1. The predicted octanol–water partition coefficient (Wildman–Crippen LogP) is 1.56. The highest BCUT2D eigenvalue weighted by molar-refractivity contribution is 7.80. The van der Waals surface area contributed by atoms with Crippen LogP contribution in [0.2, 0.25) is 0 Å². The smallest absolute Gasteiger partial charge is 0.0992 e. The van der Waals surface area contributed by atoms with Gasteiger partial charge in [0.25, 0.3) is 0 Å². The van der Waals surface area contributed by atoms with E-state index < -0.39 is 5.44 Å². The highest BCUT2D eigenvalue weighted by atomic mass is 32.1. The van der Waals surface area contributed by atoms with Crippen molar-refractivity contribution in [2.24, 2.45) is 11.8 Å². The molecular formula is C8H13NOS. The molecule has 1 rings (SSSR count). The van der Waals surface area contributed by atoms with Gasteiger partial charge < -0.3 is 5.11 Å². The fraction of sp³-hybridized carbons (Fsp3) is 0.875. The van der Waals surface area contributed by atoms with Crippen molar-refractivity contribution in [3.63, 3.8) is 0 Å². The maximum atomic E-state index is 9.12. The van der Waals surface area contributed by atoms with Gasteiger partial charge in [-0.2, -0.15) is 5.26 Å². The summed E-state index contributed by atoms with van der Waals surface area (Å²) >= 11 is 3.97. The van der Waals surface area contributed by atoms with Crippen molar-refractivity contribution < 1.29 is 5.11 Å². The third-order valence-corrected chi connectivity index (χ3v) is 2.80. The Labute approximate surface area is 72.6 Å². The van der Waals surface area contributed by atoms with Crippen LogP contribution in [0.4, 0.5) is 0 Å². The largest absolute Gasteiger partial charge is 0.382 e. The Balaban J connectivity index is 2.31. The molecule has 1 N–H and O–H groups in total. The molecule has 0 spiro atoms. The molecule has 0 amide bonds. The van der Waals surface area contributed by atoms with Gasteiger partial charge in [-0.05, 0) is 31.6 Å². The number of thiol groups is 1. The van der Waals surface area contributed by atoms with Gasteiger partial charge in [-0.15, -0.1) is 12.6 Å². The van der Waals surface area contributed by atoms with Crippen LogP contribution in [0.25, 0.3) is 0 Å². The second-order valence-corrected chi connectivity index (χ2v) is 3.68. The third-order valence-electron chi connectivity index (χ3n) is 2.38. The van der Waals surface area contributed by atoms with E-state index in [1.54, 1.807) is 0 Å². The third kappa shape index (κ3) is 2.39. The molecule has 0 saturated heterocycles. The van der Waals surface area contributed by atoms with E-state index in [4.69, 9.17) is 10.4 Å². The van der Waals surface area contributed by atoms with Crippen LogP contribution >= 0.6 is 12.6 Å². The highest BCUT2D eigenvalue weighted by Crippen LogP contribution is 2.31. The molecule has 0 aromatic heterocycles. The molecular weight excluding hydrogens is 158 g/mol. The average molecular weight is 171 g/mol. The monoisotopic (exact) mass is 171 g/mol. The lowest BCUT2D eigenvalue weighted by molar-refractivity contribution is 0.152. The van der Waals surface area contributed by atoms with Gasteiger partial charge in [-0.3, -0.25) is 0 Å². The zero-order chi connectivity index (χ0) is 8.27. The van der Waals surface area contributed by atoms with Gasteiger partial charge in [-0.1, -0.05) is 0 Å². The molecule has 0 radical (unpaired) electrons. The standard InChI is InChI=1S/C8H13NOS/c9-5-6-1-3-7(4-2-6)8(10)11/h6-8,10-11H,1-4H2. The van der Waals surface area contributed by atoms with Crippen LogP contribution in [0.15, 0.2) is 0 Å². The number of aliphatic hydroxyl groups excluding tert-OH is 1. The Morgan fingerprint density at radius 1 is 1.36 bits per heavy atom. The lowest BCUT2D eigenvalue weighted by Crippen LogP contribution is -2.21. The number of nitrogens with zero attached hydrogens (tertiary/aromatic N) is 1. The quantitative estimate of drug-likeness (QED) is 0.464. The summed E-state index contributed by atoms with van der Waals surface area (Å²) in [5, 5.41) is 17.7. The number of hydrogen-bond donors (Lipinski definition) is 2. The predicted molar refractivity (Wildman–Crippen MR) is 46.1 cm³/mol. The van der Waals surface area contributed by atoms with Crippen molar-refractivity contribution in [3.05, 3.63) is 0 Å². The average Bonchev–Trinajstić information content (AvgIpc) is 2.05. The molecule has 1 fully saturated rings. The minimum atomic E-state index is -0.491. The summed E-state index contributed by atoms with van der Waals surface area (Å²) in [5.74, 6) is 0.529. The van der Waals surface area contributed by atoms with Gasteiger partial charge in [0, 0.05) is 5.92 Å². The molecule has 0 bridgehead atoms. The minimum absolute atomic E-state index is 0.221. The number of nitriles is 1. The van der Waals surface area contributed by atoms with Crippen LogP contribution in [0, 0.1) is 23.2 Å². The van der Waals surface area contributed by atoms with E-state index >= 15 is 0 Å². The lowest BCUT2D eigenvalue weighted by Gasteiger charge is -2.25. The zero-order valence-electron chi connectivity index (χ0n) is 6.40. The van der Waals surface area contributed by atoms with Crippen molar-refractivity contribution in [1.29, 1.82) is 5.26 Å². The van der Waals surface area contributed by atoms with Crippen LogP contribution in [0.1, 0.15) is 25.7 Å². The van der Waals surface area contributed by atoms with Crippen LogP contribution in [0.5, 0.6) is 0 Å². The topological polar surface area (TPSA) is 44.0 Å². The first-order valence-corrected chi connectivity index (χ1v) is 4.51. The SMILES string of the molecule is N#CC1CCC(C(O)S)CC1. The molecule has 1 saturated carbocycles. The maximum Gasteiger partial charge on any atom is 0.0992 e. The van der Waals surface area contributed by atoms with Crippen molar-refractivity contribution in [2.45, 2.75) is 31.1 Å². The summed E-state index contributed by atoms with van der Waals surface area (Å²) in [6.07, 6.45) is 3.75. The van der Waals surface area contributed by atoms with Crippen LogP contribution < -0.4 is 0 Å². The number of aliphatic hydroxyl groups is 1. The number of hydrogen-bond acceptors (Lipinski definition) is 3. The molecule has 1 atom stereocenters. The highest BCUT2D eigenvalue weighted by Gasteiger charge is 2.23. The molecule has 2 nitrogen and oxygen atoms in total. The fourth-order valence-electron chi connectivity index (χ4n) is 1.55. The van der Waals surface area contributed by atoms with E-state index in [9.17, 15) is 0 Å². The maximum absolute atomic E-state index is 9.12. The Morgan fingerprint density at radius 3 is 2.27 bits per heavy atom. The molecule has 0 aliphatic heterocycles. The minimum Gasteiger partial charge on any atom is -0.382 e. The molecule has 62 valence electrons. The Kier molecular flexibility index (Phi) is 3.22. The van der Waals surface area contributed by atoms with Crippen molar-refractivity contribution in [3.8, 4) is 6.07 Å². The summed E-state index contributed by atoms with van der Waals surface area (Å²) < 4.78 is 0. The first-order valence-electron chi connectivity index (χ1n) is 4.00.